The van der Waals surface area contributed by atoms with E-state index in [1.807, 2.05) is 0 Å². The lowest BCUT2D eigenvalue weighted by molar-refractivity contribution is -0.0962. The largest absolute Gasteiger partial charge is 0.250 e. The van der Waals surface area contributed by atoms with Gasteiger partial charge < -0.3 is 0 Å². The standard InChI is InChI=1S/C10H18F2/c1-3-4-9-6-5-8(2)10(11,12)7-9/h8-9H,3-7H2,1-2H3/t8-,9?/m0/s1. The van der Waals surface area contributed by atoms with Gasteiger partial charge in [0.15, 0.2) is 0 Å². The Kier molecular flexibility index (Phi) is 3.08. The molecule has 2 atom stereocenters. The Morgan fingerprint density at radius 2 is 2.00 bits per heavy atom. The molecule has 72 valence electrons. The summed E-state index contributed by atoms with van der Waals surface area (Å²) in [7, 11) is 0. The van der Waals surface area contributed by atoms with Gasteiger partial charge in [0.05, 0.1) is 0 Å². The van der Waals surface area contributed by atoms with E-state index in [4.69, 9.17) is 0 Å². The van der Waals surface area contributed by atoms with Crippen molar-refractivity contribution >= 4 is 0 Å². The summed E-state index contributed by atoms with van der Waals surface area (Å²) in [6.07, 6.45) is 3.85. The van der Waals surface area contributed by atoms with Gasteiger partial charge in [-0.3, -0.25) is 0 Å². The first-order valence-electron chi connectivity index (χ1n) is 4.94. The van der Waals surface area contributed by atoms with E-state index < -0.39 is 11.8 Å². The molecule has 0 radical (unpaired) electrons. The van der Waals surface area contributed by atoms with Gasteiger partial charge in [-0.05, 0) is 18.8 Å². The zero-order valence-corrected chi connectivity index (χ0v) is 7.95. The van der Waals surface area contributed by atoms with Gasteiger partial charge in [-0.25, -0.2) is 8.78 Å². The van der Waals surface area contributed by atoms with E-state index in [0.717, 1.165) is 19.3 Å². The molecule has 0 nitrogen and oxygen atoms in total. The summed E-state index contributed by atoms with van der Waals surface area (Å²) in [5.74, 6) is -2.51. The lowest BCUT2D eigenvalue weighted by atomic mass is 9.78. The number of alkyl halides is 2. The highest BCUT2D eigenvalue weighted by atomic mass is 19.3. The Morgan fingerprint density at radius 1 is 1.33 bits per heavy atom. The molecule has 0 aliphatic heterocycles. The maximum Gasteiger partial charge on any atom is 0.250 e. The third-order valence-electron chi connectivity index (χ3n) is 2.99. The fourth-order valence-corrected chi connectivity index (χ4v) is 2.04. The monoisotopic (exact) mass is 176 g/mol. The van der Waals surface area contributed by atoms with Crippen molar-refractivity contribution < 1.29 is 8.78 Å². The highest BCUT2D eigenvalue weighted by molar-refractivity contribution is 4.83. The summed E-state index contributed by atoms with van der Waals surface area (Å²) in [6.45, 7) is 3.73. The minimum Gasteiger partial charge on any atom is -0.207 e. The molecule has 1 unspecified atom stereocenters. The molecule has 1 saturated carbocycles. The van der Waals surface area contributed by atoms with Gasteiger partial charge in [-0.15, -0.1) is 0 Å². The molecule has 0 bridgehead atoms. The summed E-state index contributed by atoms with van der Waals surface area (Å²) in [4.78, 5) is 0. The third-order valence-corrected chi connectivity index (χ3v) is 2.99. The molecule has 12 heavy (non-hydrogen) atoms. The van der Waals surface area contributed by atoms with Crippen molar-refractivity contribution in [2.45, 2.75) is 51.9 Å². The molecule has 0 saturated heterocycles. The Bertz CT molecular complexity index is 143. The zero-order chi connectivity index (χ0) is 9.19. The van der Waals surface area contributed by atoms with Crippen LogP contribution < -0.4 is 0 Å². The Morgan fingerprint density at radius 3 is 2.50 bits per heavy atom. The normalized spacial score (nSPS) is 35.0. The van der Waals surface area contributed by atoms with Crippen molar-refractivity contribution in [2.24, 2.45) is 11.8 Å². The molecule has 1 fully saturated rings. The van der Waals surface area contributed by atoms with E-state index in [1.54, 1.807) is 6.92 Å². The topological polar surface area (TPSA) is 0 Å². The second-order valence-corrected chi connectivity index (χ2v) is 4.10. The van der Waals surface area contributed by atoms with Crippen LogP contribution in [0.2, 0.25) is 0 Å². The van der Waals surface area contributed by atoms with Crippen LogP contribution in [0.1, 0.15) is 46.0 Å². The maximum atomic E-state index is 13.2. The number of hydrogen-bond acceptors (Lipinski definition) is 0. The molecule has 0 aromatic rings. The highest BCUT2D eigenvalue weighted by Gasteiger charge is 2.41. The van der Waals surface area contributed by atoms with Crippen LogP contribution in [0.25, 0.3) is 0 Å². The maximum absolute atomic E-state index is 13.2. The van der Waals surface area contributed by atoms with Gasteiger partial charge in [-0.2, -0.15) is 0 Å². The Balaban J connectivity index is 2.45. The smallest absolute Gasteiger partial charge is 0.207 e. The minimum absolute atomic E-state index is 0.127. The second-order valence-electron chi connectivity index (χ2n) is 4.10. The molecule has 0 aromatic heterocycles. The van der Waals surface area contributed by atoms with Crippen molar-refractivity contribution in [3.63, 3.8) is 0 Å². The Hall–Kier alpha value is -0.140. The van der Waals surface area contributed by atoms with Gasteiger partial charge in [0.25, 0.3) is 5.92 Å². The van der Waals surface area contributed by atoms with Crippen LogP contribution in [0.4, 0.5) is 8.78 Å². The van der Waals surface area contributed by atoms with Crippen LogP contribution in [0, 0.1) is 11.8 Å². The van der Waals surface area contributed by atoms with Gasteiger partial charge in [0.1, 0.15) is 0 Å². The second kappa shape index (κ2) is 3.71. The van der Waals surface area contributed by atoms with Gasteiger partial charge in [0.2, 0.25) is 0 Å². The predicted octanol–water partition coefficient (Wildman–Crippen LogP) is 3.86. The van der Waals surface area contributed by atoms with Crippen LogP contribution >= 0.6 is 0 Å². The van der Waals surface area contributed by atoms with Crippen LogP contribution in [-0.4, -0.2) is 5.92 Å². The van der Waals surface area contributed by atoms with Gasteiger partial charge in [0, 0.05) is 12.3 Å². The predicted molar refractivity (Wildman–Crippen MR) is 46.4 cm³/mol. The minimum atomic E-state index is -2.39. The average Bonchev–Trinajstić information content (AvgIpc) is 1.97. The molecule has 0 spiro atoms. The molecule has 1 aliphatic rings. The average molecular weight is 176 g/mol. The zero-order valence-electron chi connectivity index (χ0n) is 7.95. The molecule has 0 heterocycles. The van der Waals surface area contributed by atoms with Crippen LogP contribution in [0.15, 0.2) is 0 Å². The Labute approximate surface area is 73.3 Å². The number of halogens is 2. The van der Waals surface area contributed by atoms with Crippen molar-refractivity contribution in [2.75, 3.05) is 0 Å². The van der Waals surface area contributed by atoms with Crippen molar-refractivity contribution in [3.8, 4) is 0 Å². The molecule has 2 heteroatoms. The summed E-state index contributed by atoms with van der Waals surface area (Å²) < 4.78 is 26.3. The first-order chi connectivity index (χ1) is 5.56. The lowest BCUT2D eigenvalue weighted by Gasteiger charge is -2.33. The fourth-order valence-electron chi connectivity index (χ4n) is 2.04. The van der Waals surface area contributed by atoms with Crippen molar-refractivity contribution in [1.29, 1.82) is 0 Å². The number of rotatable bonds is 2. The van der Waals surface area contributed by atoms with Gasteiger partial charge in [-0.1, -0.05) is 26.7 Å². The van der Waals surface area contributed by atoms with Crippen LogP contribution in [-0.2, 0) is 0 Å². The summed E-state index contributed by atoms with van der Waals surface area (Å²) in [5, 5.41) is 0. The van der Waals surface area contributed by atoms with E-state index in [0.29, 0.717) is 6.42 Å². The van der Waals surface area contributed by atoms with Gasteiger partial charge >= 0.3 is 0 Å². The summed E-state index contributed by atoms with van der Waals surface area (Å²) >= 11 is 0. The highest BCUT2D eigenvalue weighted by Crippen LogP contribution is 2.42. The first kappa shape index (κ1) is 9.94. The van der Waals surface area contributed by atoms with Crippen LogP contribution in [0.3, 0.4) is 0 Å². The molecule has 0 aromatic carbocycles. The number of hydrogen-bond donors (Lipinski definition) is 0. The van der Waals surface area contributed by atoms with E-state index >= 15 is 0 Å². The molecular formula is C10H18F2. The SMILES string of the molecule is CCCC1CC[C@H](C)C(F)(F)C1. The first-order valence-corrected chi connectivity index (χ1v) is 4.94. The van der Waals surface area contributed by atoms with E-state index in [2.05, 4.69) is 6.92 Å². The van der Waals surface area contributed by atoms with E-state index in [1.165, 1.54) is 0 Å². The van der Waals surface area contributed by atoms with E-state index in [-0.39, 0.29) is 12.3 Å². The third kappa shape index (κ3) is 2.18. The fraction of sp³-hybridized carbons (Fsp3) is 1.00. The molecular weight excluding hydrogens is 158 g/mol. The van der Waals surface area contributed by atoms with Crippen molar-refractivity contribution in [1.82, 2.24) is 0 Å². The molecule has 0 N–H and O–H groups in total. The summed E-state index contributed by atoms with van der Waals surface area (Å²) in [5.41, 5.74) is 0. The van der Waals surface area contributed by atoms with E-state index in [9.17, 15) is 8.78 Å². The van der Waals surface area contributed by atoms with Crippen LogP contribution in [0.5, 0.6) is 0 Å². The molecule has 0 amide bonds. The quantitative estimate of drug-likeness (QED) is 0.599. The van der Waals surface area contributed by atoms with Crippen molar-refractivity contribution in [3.05, 3.63) is 0 Å². The summed E-state index contributed by atoms with van der Waals surface area (Å²) in [6, 6.07) is 0. The molecule has 1 rings (SSSR count). The molecule has 1 aliphatic carbocycles. The lowest BCUT2D eigenvalue weighted by Crippen LogP contribution is -2.33.